The molecule has 0 spiro atoms. The van der Waals surface area contributed by atoms with Gasteiger partial charge in [-0.05, 0) is 24.5 Å². The van der Waals surface area contributed by atoms with Crippen LogP contribution in [0.3, 0.4) is 0 Å². The molecule has 3 heteroatoms. The van der Waals surface area contributed by atoms with Crippen LogP contribution in [0.5, 0.6) is 0 Å². The molecule has 77 valence electrons. The van der Waals surface area contributed by atoms with Gasteiger partial charge in [-0.15, -0.1) is 0 Å². The average molecular weight is 192 g/mol. The SMILES string of the molecule is CCCC[CH]c1ccc(N)c(N)c1N. The fraction of sp³-hybridized carbons (Fsp3) is 0.364. The quantitative estimate of drug-likeness (QED) is 0.505. The minimum absolute atomic E-state index is 0.496. The standard InChI is InChI=1S/C11H18N3/c1-2-3-4-5-8-6-7-9(12)11(14)10(8)13/h5-7H,2-4,12-14H2,1H3. The van der Waals surface area contributed by atoms with Crippen molar-refractivity contribution in [3.63, 3.8) is 0 Å². The summed E-state index contributed by atoms with van der Waals surface area (Å²) in [6, 6.07) is 3.71. The summed E-state index contributed by atoms with van der Waals surface area (Å²) in [7, 11) is 0. The topological polar surface area (TPSA) is 78.1 Å². The van der Waals surface area contributed by atoms with Crippen LogP contribution in [0.4, 0.5) is 17.1 Å². The smallest absolute Gasteiger partial charge is 0.0784 e. The van der Waals surface area contributed by atoms with Gasteiger partial charge >= 0.3 is 0 Å². The first kappa shape index (κ1) is 10.7. The molecule has 0 bridgehead atoms. The first-order chi connectivity index (χ1) is 6.66. The zero-order valence-electron chi connectivity index (χ0n) is 8.59. The van der Waals surface area contributed by atoms with Gasteiger partial charge in [-0.3, -0.25) is 0 Å². The lowest BCUT2D eigenvalue weighted by Crippen LogP contribution is -2.03. The van der Waals surface area contributed by atoms with Gasteiger partial charge in [0, 0.05) is 0 Å². The third-order valence-electron chi connectivity index (χ3n) is 2.28. The van der Waals surface area contributed by atoms with E-state index in [1.165, 1.54) is 12.8 Å². The van der Waals surface area contributed by atoms with Crippen LogP contribution in [0, 0.1) is 6.42 Å². The summed E-state index contributed by atoms with van der Waals surface area (Å²) in [5.41, 5.74) is 19.8. The molecule has 1 aromatic rings. The lowest BCUT2D eigenvalue weighted by atomic mass is 10.0. The summed E-state index contributed by atoms with van der Waals surface area (Å²) in [6.45, 7) is 2.16. The monoisotopic (exact) mass is 192 g/mol. The number of benzene rings is 1. The van der Waals surface area contributed by atoms with Crippen LogP contribution in [0.25, 0.3) is 0 Å². The molecule has 3 nitrogen and oxygen atoms in total. The van der Waals surface area contributed by atoms with Crippen molar-refractivity contribution in [3.05, 3.63) is 24.1 Å². The number of hydrogen-bond acceptors (Lipinski definition) is 3. The van der Waals surface area contributed by atoms with Crippen LogP contribution in [0.15, 0.2) is 12.1 Å². The molecule has 0 amide bonds. The lowest BCUT2D eigenvalue weighted by molar-refractivity contribution is 0.791. The second kappa shape index (κ2) is 4.74. The molecule has 0 saturated heterocycles. The second-order valence-corrected chi connectivity index (χ2v) is 3.42. The van der Waals surface area contributed by atoms with Crippen molar-refractivity contribution in [2.24, 2.45) is 0 Å². The number of nitrogen functional groups attached to an aromatic ring is 3. The first-order valence-corrected chi connectivity index (χ1v) is 4.93. The molecule has 0 atom stereocenters. The molecule has 1 aromatic carbocycles. The van der Waals surface area contributed by atoms with Crippen molar-refractivity contribution in [2.45, 2.75) is 26.2 Å². The number of nitrogens with two attached hydrogens (primary N) is 3. The zero-order chi connectivity index (χ0) is 10.6. The Kier molecular flexibility index (Phi) is 3.63. The molecule has 1 radical (unpaired) electrons. The zero-order valence-corrected chi connectivity index (χ0v) is 8.59. The highest BCUT2D eigenvalue weighted by molar-refractivity contribution is 5.80. The second-order valence-electron chi connectivity index (χ2n) is 3.42. The Morgan fingerprint density at radius 1 is 1.14 bits per heavy atom. The molecule has 0 aromatic heterocycles. The molecule has 0 heterocycles. The first-order valence-electron chi connectivity index (χ1n) is 4.93. The van der Waals surface area contributed by atoms with Gasteiger partial charge in [-0.25, -0.2) is 0 Å². The Labute approximate surface area is 85.3 Å². The molecule has 1 rings (SSSR count). The maximum absolute atomic E-state index is 5.83. The highest BCUT2D eigenvalue weighted by atomic mass is 14.7. The summed E-state index contributed by atoms with van der Waals surface area (Å²) in [4.78, 5) is 0. The number of rotatable bonds is 4. The van der Waals surface area contributed by atoms with E-state index in [0.29, 0.717) is 17.1 Å². The lowest BCUT2D eigenvalue weighted by Gasteiger charge is -2.09. The Bertz CT molecular complexity index is 308. The van der Waals surface area contributed by atoms with Crippen LogP contribution >= 0.6 is 0 Å². The van der Waals surface area contributed by atoms with Crippen molar-refractivity contribution < 1.29 is 0 Å². The third-order valence-corrected chi connectivity index (χ3v) is 2.28. The largest absolute Gasteiger partial charge is 0.397 e. The van der Waals surface area contributed by atoms with Crippen LogP contribution in [0.1, 0.15) is 31.7 Å². The maximum atomic E-state index is 5.83. The van der Waals surface area contributed by atoms with Gasteiger partial charge < -0.3 is 17.2 Å². The van der Waals surface area contributed by atoms with E-state index in [4.69, 9.17) is 17.2 Å². The molecule has 0 aliphatic carbocycles. The third kappa shape index (κ3) is 2.31. The number of anilines is 3. The van der Waals surface area contributed by atoms with E-state index < -0.39 is 0 Å². The minimum Gasteiger partial charge on any atom is -0.397 e. The molecule has 0 aliphatic rings. The van der Waals surface area contributed by atoms with Gasteiger partial charge in [0.05, 0.1) is 17.1 Å². The summed E-state index contributed by atoms with van der Waals surface area (Å²) in [5, 5.41) is 0. The minimum atomic E-state index is 0.496. The van der Waals surface area contributed by atoms with E-state index in [1.54, 1.807) is 6.07 Å². The van der Waals surface area contributed by atoms with Gasteiger partial charge in [-0.1, -0.05) is 25.8 Å². The van der Waals surface area contributed by atoms with E-state index >= 15 is 0 Å². The Morgan fingerprint density at radius 2 is 1.86 bits per heavy atom. The van der Waals surface area contributed by atoms with Crippen LogP contribution in [0.2, 0.25) is 0 Å². The summed E-state index contributed by atoms with van der Waals surface area (Å²) in [6.07, 6.45) is 5.49. The van der Waals surface area contributed by atoms with Crippen LogP contribution < -0.4 is 17.2 Å². The van der Waals surface area contributed by atoms with E-state index in [1.807, 2.05) is 6.07 Å². The van der Waals surface area contributed by atoms with Crippen molar-refractivity contribution >= 4 is 17.1 Å². The molecule has 0 unspecified atom stereocenters. The Hall–Kier alpha value is -1.38. The molecular formula is C11H18N3. The fourth-order valence-corrected chi connectivity index (χ4v) is 1.31. The molecule has 6 N–H and O–H groups in total. The molecule has 0 aliphatic heterocycles. The highest BCUT2D eigenvalue weighted by Crippen LogP contribution is 2.28. The van der Waals surface area contributed by atoms with Crippen molar-refractivity contribution in [1.29, 1.82) is 0 Å². The average Bonchev–Trinajstić information content (AvgIpc) is 2.18. The molecule has 0 saturated carbocycles. The molecular weight excluding hydrogens is 174 g/mol. The van der Waals surface area contributed by atoms with E-state index in [-0.39, 0.29) is 0 Å². The molecule has 0 fully saturated rings. The summed E-state index contributed by atoms with van der Waals surface area (Å²) >= 11 is 0. The molecule has 14 heavy (non-hydrogen) atoms. The predicted molar refractivity (Wildman–Crippen MR) is 62.6 cm³/mol. The van der Waals surface area contributed by atoms with E-state index in [2.05, 4.69) is 13.3 Å². The fourth-order valence-electron chi connectivity index (χ4n) is 1.31. The van der Waals surface area contributed by atoms with Crippen molar-refractivity contribution in [3.8, 4) is 0 Å². The van der Waals surface area contributed by atoms with E-state index in [9.17, 15) is 0 Å². The van der Waals surface area contributed by atoms with Gasteiger partial charge in [0.2, 0.25) is 0 Å². The predicted octanol–water partition coefficient (Wildman–Crippen LogP) is 2.18. The normalized spacial score (nSPS) is 10.4. The van der Waals surface area contributed by atoms with Gasteiger partial charge in [0.1, 0.15) is 0 Å². The Morgan fingerprint density at radius 3 is 2.50 bits per heavy atom. The van der Waals surface area contributed by atoms with Crippen LogP contribution in [-0.2, 0) is 0 Å². The van der Waals surface area contributed by atoms with E-state index in [0.717, 1.165) is 12.0 Å². The van der Waals surface area contributed by atoms with Gasteiger partial charge in [0.25, 0.3) is 0 Å². The van der Waals surface area contributed by atoms with Gasteiger partial charge in [0.15, 0.2) is 0 Å². The van der Waals surface area contributed by atoms with Crippen molar-refractivity contribution in [1.82, 2.24) is 0 Å². The number of unbranched alkanes of at least 4 members (excludes halogenated alkanes) is 2. The maximum Gasteiger partial charge on any atom is 0.0784 e. The van der Waals surface area contributed by atoms with Crippen LogP contribution in [-0.4, -0.2) is 0 Å². The summed E-state index contributed by atoms with van der Waals surface area (Å²) in [5.74, 6) is 0. The number of hydrogen-bond donors (Lipinski definition) is 3. The highest BCUT2D eigenvalue weighted by Gasteiger charge is 2.05. The Balaban J connectivity index is 2.73. The van der Waals surface area contributed by atoms with Gasteiger partial charge in [-0.2, -0.15) is 0 Å². The van der Waals surface area contributed by atoms with Crippen molar-refractivity contribution in [2.75, 3.05) is 17.2 Å². The summed E-state index contributed by atoms with van der Waals surface area (Å²) < 4.78 is 0.